The van der Waals surface area contributed by atoms with Crippen molar-refractivity contribution in [2.75, 3.05) is 0 Å². The van der Waals surface area contributed by atoms with E-state index < -0.39 is 11.7 Å². The minimum Gasteiger partial charge on any atom is -0.508 e. The summed E-state index contributed by atoms with van der Waals surface area (Å²) < 4.78 is 38.0. The number of alkyl halides is 3. The minimum absolute atomic E-state index is 0.168. The first-order valence-electron chi connectivity index (χ1n) is 6.55. The lowest BCUT2D eigenvalue weighted by atomic mass is 10.0. The third-order valence-electron chi connectivity index (χ3n) is 3.30. The van der Waals surface area contributed by atoms with Gasteiger partial charge in [-0.2, -0.15) is 13.2 Å². The molecule has 0 aliphatic carbocycles. The molecule has 0 aliphatic rings. The van der Waals surface area contributed by atoms with Crippen molar-refractivity contribution in [2.45, 2.75) is 25.7 Å². The standard InChI is InChI=1S/C16H16F3NO/c1-11(20-10-13-5-2-3-8-15(13)21)12-6-4-7-14(9-12)16(17,18)19/h2-9,11,20-21H,10H2,1H3. The highest BCUT2D eigenvalue weighted by atomic mass is 19.4. The lowest BCUT2D eigenvalue weighted by molar-refractivity contribution is -0.137. The molecule has 0 bridgehead atoms. The van der Waals surface area contributed by atoms with Crippen molar-refractivity contribution in [3.05, 3.63) is 65.2 Å². The van der Waals surface area contributed by atoms with E-state index >= 15 is 0 Å². The Morgan fingerprint density at radius 2 is 1.81 bits per heavy atom. The Labute approximate surface area is 121 Å². The summed E-state index contributed by atoms with van der Waals surface area (Å²) in [5, 5.41) is 12.8. The number of hydrogen-bond donors (Lipinski definition) is 2. The summed E-state index contributed by atoms with van der Waals surface area (Å²) in [4.78, 5) is 0. The molecule has 1 unspecified atom stereocenters. The van der Waals surface area contributed by atoms with Gasteiger partial charge in [0.25, 0.3) is 0 Å². The second kappa shape index (κ2) is 6.18. The zero-order valence-electron chi connectivity index (χ0n) is 11.5. The van der Waals surface area contributed by atoms with Crippen LogP contribution in [0.1, 0.15) is 29.7 Å². The Bertz CT molecular complexity index is 610. The minimum atomic E-state index is -4.34. The highest BCUT2D eigenvalue weighted by Gasteiger charge is 2.30. The van der Waals surface area contributed by atoms with Gasteiger partial charge in [-0.25, -0.2) is 0 Å². The van der Waals surface area contributed by atoms with Gasteiger partial charge >= 0.3 is 6.18 Å². The summed E-state index contributed by atoms with van der Waals surface area (Å²) in [6.45, 7) is 2.17. The van der Waals surface area contributed by atoms with E-state index in [1.807, 2.05) is 0 Å². The second-order valence-corrected chi connectivity index (χ2v) is 4.85. The highest BCUT2D eigenvalue weighted by Crippen LogP contribution is 2.30. The normalized spacial score (nSPS) is 13.1. The maximum absolute atomic E-state index is 12.7. The molecule has 2 N–H and O–H groups in total. The molecule has 0 spiro atoms. The molecular weight excluding hydrogens is 279 g/mol. The predicted molar refractivity (Wildman–Crippen MR) is 74.8 cm³/mol. The molecular formula is C16H16F3NO. The first kappa shape index (κ1) is 15.4. The van der Waals surface area contributed by atoms with Crippen LogP contribution in [0.5, 0.6) is 5.75 Å². The van der Waals surface area contributed by atoms with Crippen LogP contribution in [0.25, 0.3) is 0 Å². The molecule has 0 heterocycles. The Morgan fingerprint density at radius 1 is 1.10 bits per heavy atom. The molecule has 21 heavy (non-hydrogen) atoms. The Hall–Kier alpha value is -2.01. The van der Waals surface area contributed by atoms with Crippen molar-refractivity contribution >= 4 is 0 Å². The summed E-state index contributed by atoms with van der Waals surface area (Å²) in [7, 11) is 0. The topological polar surface area (TPSA) is 32.3 Å². The zero-order valence-corrected chi connectivity index (χ0v) is 11.5. The quantitative estimate of drug-likeness (QED) is 0.883. The Balaban J connectivity index is 2.07. The number of hydrogen-bond acceptors (Lipinski definition) is 2. The van der Waals surface area contributed by atoms with Gasteiger partial charge < -0.3 is 10.4 Å². The molecule has 0 aromatic heterocycles. The van der Waals surface area contributed by atoms with E-state index in [2.05, 4.69) is 5.32 Å². The van der Waals surface area contributed by atoms with E-state index in [1.54, 1.807) is 37.3 Å². The average molecular weight is 295 g/mol. The van der Waals surface area contributed by atoms with Gasteiger partial charge in [-0.05, 0) is 30.7 Å². The molecule has 2 nitrogen and oxygen atoms in total. The van der Waals surface area contributed by atoms with Crippen molar-refractivity contribution in [2.24, 2.45) is 0 Å². The van der Waals surface area contributed by atoms with Crippen LogP contribution in [0, 0.1) is 0 Å². The highest BCUT2D eigenvalue weighted by molar-refractivity contribution is 5.32. The van der Waals surface area contributed by atoms with Crippen LogP contribution in [-0.2, 0) is 12.7 Å². The lowest BCUT2D eigenvalue weighted by Crippen LogP contribution is -2.18. The smallest absolute Gasteiger partial charge is 0.416 e. The summed E-state index contributed by atoms with van der Waals surface area (Å²) in [6.07, 6.45) is -4.34. The van der Waals surface area contributed by atoms with Crippen molar-refractivity contribution in [3.63, 3.8) is 0 Å². The van der Waals surface area contributed by atoms with Gasteiger partial charge in [0.05, 0.1) is 5.56 Å². The molecule has 5 heteroatoms. The van der Waals surface area contributed by atoms with Crippen LogP contribution in [0.15, 0.2) is 48.5 Å². The largest absolute Gasteiger partial charge is 0.508 e. The first-order valence-corrected chi connectivity index (χ1v) is 6.55. The van der Waals surface area contributed by atoms with Gasteiger partial charge in [-0.15, -0.1) is 0 Å². The van der Waals surface area contributed by atoms with Crippen molar-refractivity contribution < 1.29 is 18.3 Å². The van der Waals surface area contributed by atoms with E-state index in [0.717, 1.165) is 12.1 Å². The molecule has 0 radical (unpaired) electrons. The average Bonchev–Trinajstić information content (AvgIpc) is 2.45. The van der Waals surface area contributed by atoms with Gasteiger partial charge in [0.2, 0.25) is 0 Å². The number of halogens is 3. The van der Waals surface area contributed by atoms with E-state index in [9.17, 15) is 18.3 Å². The second-order valence-electron chi connectivity index (χ2n) is 4.85. The lowest BCUT2D eigenvalue weighted by Gasteiger charge is -2.16. The van der Waals surface area contributed by atoms with E-state index in [0.29, 0.717) is 17.7 Å². The maximum Gasteiger partial charge on any atom is 0.416 e. The van der Waals surface area contributed by atoms with Gasteiger partial charge in [0.1, 0.15) is 5.75 Å². The van der Waals surface area contributed by atoms with E-state index in [4.69, 9.17) is 0 Å². The molecule has 2 aromatic rings. The zero-order chi connectivity index (χ0) is 15.5. The third kappa shape index (κ3) is 3.98. The molecule has 112 valence electrons. The number of para-hydroxylation sites is 1. The number of rotatable bonds is 4. The maximum atomic E-state index is 12.7. The molecule has 0 amide bonds. The Kier molecular flexibility index (Phi) is 4.53. The first-order chi connectivity index (χ1) is 9.88. The van der Waals surface area contributed by atoms with E-state index in [-0.39, 0.29) is 11.8 Å². The number of nitrogens with one attached hydrogen (secondary N) is 1. The summed E-state index contributed by atoms with van der Waals surface area (Å²) >= 11 is 0. The molecule has 0 fully saturated rings. The van der Waals surface area contributed by atoms with Crippen molar-refractivity contribution in [1.29, 1.82) is 0 Å². The molecule has 0 saturated heterocycles. The molecule has 2 rings (SSSR count). The fraction of sp³-hybridized carbons (Fsp3) is 0.250. The molecule has 0 aliphatic heterocycles. The molecule has 2 aromatic carbocycles. The van der Waals surface area contributed by atoms with Crippen molar-refractivity contribution in [1.82, 2.24) is 5.32 Å². The number of aromatic hydroxyl groups is 1. The fourth-order valence-electron chi connectivity index (χ4n) is 2.03. The van der Waals surface area contributed by atoms with E-state index in [1.165, 1.54) is 6.07 Å². The number of phenolic OH excluding ortho intramolecular Hbond substituents is 1. The van der Waals surface area contributed by atoms with Gasteiger partial charge in [0.15, 0.2) is 0 Å². The van der Waals surface area contributed by atoms with Crippen LogP contribution >= 0.6 is 0 Å². The summed E-state index contributed by atoms with van der Waals surface area (Å²) in [5.74, 6) is 0.168. The third-order valence-corrected chi connectivity index (χ3v) is 3.30. The van der Waals surface area contributed by atoms with Gasteiger partial charge in [0, 0.05) is 18.2 Å². The summed E-state index contributed by atoms with van der Waals surface area (Å²) in [6, 6.07) is 11.8. The van der Waals surface area contributed by atoms with Gasteiger partial charge in [-0.1, -0.05) is 30.3 Å². The summed E-state index contributed by atoms with van der Waals surface area (Å²) in [5.41, 5.74) is 0.604. The number of benzene rings is 2. The van der Waals surface area contributed by atoms with Crippen LogP contribution < -0.4 is 5.32 Å². The SMILES string of the molecule is CC(NCc1ccccc1O)c1cccc(C(F)(F)F)c1. The molecule has 1 atom stereocenters. The van der Waals surface area contributed by atoms with Crippen LogP contribution in [-0.4, -0.2) is 5.11 Å². The van der Waals surface area contributed by atoms with Crippen LogP contribution in [0.2, 0.25) is 0 Å². The molecule has 0 saturated carbocycles. The van der Waals surface area contributed by atoms with Crippen molar-refractivity contribution in [3.8, 4) is 5.75 Å². The number of phenols is 1. The predicted octanol–water partition coefficient (Wildman–Crippen LogP) is 4.26. The Morgan fingerprint density at radius 3 is 2.48 bits per heavy atom. The van der Waals surface area contributed by atoms with Gasteiger partial charge in [-0.3, -0.25) is 0 Å². The van der Waals surface area contributed by atoms with Crippen LogP contribution in [0.3, 0.4) is 0 Å². The fourth-order valence-corrected chi connectivity index (χ4v) is 2.03. The monoisotopic (exact) mass is 295 g/mol. The van der Waals surface area contributed by atoms with Crippen LogP contribution in [0.4, 0.5) is 13.2 Å².